The highest BCUT2D eigenvalue weighted by molar-refractivity contribution is 5.91. The molecular weight excluding hydrogens is 213 g/mol. The molecule has 88 valence electrons. The molecule has 0 unspecified atom stereocenters. The van der Waals surface area contributed by atoms with Crippen LogP contribution in [0, 0.1) is 5.82 Å². The molecule has 1 rings (SSSR count). The minimum absolute atomic E-state index is 0.113. The van der Waals surface area contributed by atoms with Crippen LogP contribution in [0.15, 0.2) is 12.1 Å². The molecule has 0 atom stereocenters. The minimum Gasteiger partial charge on any atom is -0.489 e. The molecular formula is C11H14FNO3. The summed E-state index contributed by atoms with van der Waals surface area (Å²) >= 11 is 0. The lowest BCUT2D eigenvalue weighted by Crippen LogP contribution is -2.11. The highest BCUT2D eigenvalue weighted by atomic mass is 19.1. The molecule has 0 heterocycles. The van der Waals surface area contributed by atoms with Crippen LogP contribution >= 0.6 is 0 Å². The third-order valence-corrected chi connectivity index (χ3v) is 1.87. The number of halogens is 1. The van der Waals surface area contributed by atoms with Crippen LogP contribution in [0.4, 0.5) is 10.1 Å². The standard InChI is InChI=1S/C11H14FNO3/c1-6(2)16-10-4-7(11(14)15-3)8(12)5-9(10)13/h4-6H,13H2,1-3H3. The second kappa shape index (κ2) is 4.83. The summed E-state index contributed by atoms with van der Waals surface area (Å²) in [5, 5.41) is 0. The lowest BCUT2D eigenvalue weighted by molar-refractivity contribution is 0.0594. The van der Waals surface area contributed by atoms with E-state index in [9.17, 15) is 9.18 Å². The normalized spacial score (nSPS) is 10.3. The third kappa shape index (κ3) is 2.62. The van der Waals surface area contributed by atoms with Crippen molar-refractivity contribution in [1.29, 1.82) is 0 Å². The fourth-order valence-corrected chi connectivity index (χ4v) is 1.19. The lowest BCUT2D eigenvalue weighted by atomic mass is 10.1. The van der Waals surface area contributed by atoms with Crippen LogP contribution in [0.5, 0.6) is 5.75 Å². The highest BCUT2D eigenvalue weighted by Gasteiger charge is 2.16. The Morgan fingerprint density at radius 3 is 2.56 bits per heavy atom. The molecule has 0 aliphatic heterocycles. The van der Waals surface area contributed by atoms with Gasteiger partial charge in [0.25, 0.3) is 0 Å². The van der Waals surface area contributed by atoms with Crippen LogP contribution in [0.25, 0.3) is 0 Å². The van der Waals surface area contributed by atoms with Gasteiger partial charge in [-0.05, 0) is 19.9 Å². The minimum atomic E-state index is -0.758. The van der Waals surface area contributed by atoms with E-state index in [2.05, 4.69) is 4.74 Å². The van der Waals surface area contributed by atoms with Crippen molar-refractivity contribution >= 4 is 11.7 Å². The number of nitrogen functional groups attached to an aromatic ring is 1. The zero-order chi connectivity index (χ0) is 12.3. The summed E-state index contributed by atoms with van der Waals surface area (Å²) in [6, 6.07) is 2.29. The molecule has 0 fully saturated rings. The first-order valence-corrected chi connectivity index (χ1v) is 4.79. The van der Waals surface area contributed by atoms with E-state index in [1.54, 1.807) is 13.8 Å². The van der Waals surface area contributed by atoms with Crippen molar-refractivity contribution < 1.29 is 18.7 Å². The molecule has 0 saturated heterocycles. The topological polar surface area (TPSA) is 61.5 Å². The predicted octanol–water partition coefficient (Wildman–Crippen LogP) is 1.98. The van der Waals surface area contributed by atoms with Crippen molar-refractivity contribution in [3.8, 4) is 5.75 Å². The van der Waals surface area contributed by atoms with Gasteiger partial charge in [0.2, 0.25) is 0 Å². The number of benzene rings is 1. The van der Waals surface area contributed by atoms with Gasteiger partial charge in [0.15, 0.2) is 0 Å². The molecule has 1 aromatic carbocycles. The summed E-state index contributed by atoms with van der Waals surface area (Å²) in [6.45, 7) is 3.61. The van der Waals surface area contributed by atoms with Crippen molar-refractivity contribution in [3.63, 3.8) is 0 Å². The van der Waals surface area contributed by atoms with Gasteiger partial charge in [-0.1, -0.05) is 0 Å². The zero-order valence-electron chi connectivity index (χ0n) is 9.41. The van der Waals surface area contributed by atoms with Crippen molar-refractivity contribution in [2.75, 3.05) is 12.8 Å². The molecule has 5 heteroatoms. The summed E-state index contributed by atoms with van der Waals surface area (Å²) in [5.74, 6) is -1.21. The second-order valence-corrected chi connectivity index (χ2v) is 3.53. The Morgan fingerprint density at radius 2 is 2.06 bits per heavy atom. The van der Waals surface area contributed by atoms with Gasteiger partial charge in [-0.2, -0.15) is 0 Å². The SMILES string of the molecule is COC(=O)c1cc(OC(C)C)c(N)cc1F. The Labute approximate surface area is 93.2 Å². The average Bonchev–Trinajstić information content (AvgIpc) is 2.20. The molecule has 0 amide bonds. The molecule has 0 radical (unpaired) electrons. The van der Waals surface area contributed by atoms with Crippen LogP contribution in [0.1, 0.15) is 24.2 Å². The van der Waals surface area contributed by atoms with Gasteiger partial charge in [-0.15, -0.1) is 0 Å². The van der Waals surface area contributed by atoms with Crippen LogP contribution in [-0.4, -0.2) is 19.2 Å². The van der Waals surface area contributed by atoms with Crippen LogP contribution in [0.3, 0.4) is 0 Å². The molecule has 0 bridgehead atoms. The number of hydrogen-bond acceptors (Lipinski definition) is 4. The highest BCUT2D eigenvalue weighted by Crippen LogP contribution is 2.26. The van der Waals surface area contributed by atoms with Crippen molar-refractivity contribution in [2.24, 2.45) is 0 Å². The van der Waals surface area contributed by atoms with E-state index in [1.165, 1.54) is 13.2 Å². The van der Waals surface area contributed by atoms with Gasteiger partial charge in [0.05, 0.1) is 24.5 Å². The van der Waals surface area contributed by atoms with E-state index in [0.717, 1.165) is 6.07 Å². The van der Waals surface area contributed by atoms with E-state index < -0.39 is 11.8 Å². The second-order valence-electron chi connectivity index (χ2n) is 3.53. The summed E-state index contributed by atoms with van der Waals surface area (Å²) in [7, 11) is 1.18. The summed E-state index contributed by atoms with van der Waals surface area (Å²) < 4.78 is 23.1. The van der Waals surface area contributed by atoms with Gasteiger partial charge in [-0.25, -0.2) is 9.18 Å². The third-order valence-electron chi connectivity index (χ3n) is 1.87. The lowest BCUT2D eigenvalue weighted by Gasteiger charge is -2.13. The van der Waals surface area contributed by atoms with Crippen LogP contribution < -0.4 is 10.5 Å². The fraction of sp³-hybridized carbons (Fsp3) is 0.364. The van der Waals surface area contributed by atoms with E-state index >= 15 is 0 Å². The molecule has 16 heavy (non-hydrogen) atoms. The summed E-state index contributed by atoms with van der Waals surface area (Å²) in [4.78, 5) is 11.2. The van der Waals surface area contributed by atoms with Crippen molar-refractivity contribution in [3.05, 3.63) is 23.5 Å². The average molecular weight is 227 g/mol. The molecule has 1 aromatic rings. The van der Waals surface area contributed by atoms with Gasteiger partial charge >= 0.3 is 5.97 Å². The van der Waals surface area contributed by atoms with Crippen molar-refractivity contribution in [1.82, 2.24) is 0 Å². The number of esters is 1. The van der Waals surface area contributed by atoms with E-state index in [1.807, 2.05) is 0 Å². The number of methoxy groups -OCH3 is 1. The Hall–Kier alpha value is -1.78. The largest absolute Gasteiger partial charge is 0.489 e. The van der Waals surface area contributed by atoms with Gasteiger partial charge in [0, 0.05) is 6.07 Å². The molecule has 0 spiro atoms. The number of carbonyl (C=O) groups is 1. The Morgan fingerprint density at radius 1 is 1.44 bits per heavy atom. The molecule has 0 aromatic heterocycles. The first kappa shape index (κ1) is 12.3. The Kier molecular flexibility index (Phi) is 3.71. The Bertz CT molecular complexity index is 404. The van der Waals surface area contributed by atoms with Crippen LogP contribution in [0.2, 0.25) is 0 Å². The van der Waals surface area contributed by atoms with Gasteiger partial charge < -0.3 is 15.2 Å². The Balaban J connectivity index is 3.16. The number of ether oxygens (including phenoxy) is 2. The zero-order valence-corrected chi connectivity index (χ0v) is 9.41. The summed E-state index contributed by atoms with van der Waals surface area (Å²) in [5.41, 5.74) is 5.53. The molecule has 0 aliphatic carbocycles. The van der Waals surface area contributed by atoms with Crippen molar-refractivity contribution in [2.45, 2.75) is 20.0 Å². The number of carbonyl (C=O) groups excluding carboxylic acids is 1. The maximum Gasteiger partial charge on any atom is 0.340 e. The van der Waals surface area contributed by atoms with E-state index in [-0.39, 0.29) is 23.1 Å². The first-order valence-electron chi connectivity index (χ1n) is 4.79. The van der Waals surface area contributed by atoms with E-state index in [4.69, 9.17) is 10.5 Å². The molecule has 0 saturated carbocycles. The van der Waals surface area contributed by atoms with Crippen LogP contribution in [-0.2, 0) is 4.74 Å². The predicted molar refractivity (Wildman–Crippen MR) is 57.9 cm³/mol. The first-order chi connectivity index (χ1) is 7.45. The molecule has 2 N–H and O–H groups in total. The van der Waals surface area contributed by atoms with E-state index in [0.29, 0.717) is 0 Å². The fourth-order valence-electron chi connectivity index (χ4n) is 1.19. The quantitative estimate of drug-likeness (QED) is 0.633. The number of nitrogens with two attached hydrogens (primary N) is 1. The molecule has 4 nitrogen and oxygen atoms in total. The van der Waals surface area contributed by atoms with Gasteiger partial charge in [-0.3, -0.25) is 0 Å². The maximum atomic E-state index is 13.4. The number of hydrogen-bond donors (Lipinski definition) is 1. The molecule has 0 aliphatic rings. The summed E-state index contributed by atoms with van der Waals surface area (Å²) in [6.07, 6.45) is -0.113. The van der Waals surface area contributed by atoms with Gasteiger partial charge in [0.1, 0.15) is 11.6 Å². The maximum absolute atomic E-state index is 13.4. The number of anilines is 1. The monoisotopic (exact) mass is 227 g/mol. The smallest absolute Gasteiger partial charge is 0.340 e. The number of rotatable bonds is 3.